The second-order valence-electron chi connectivity index (χ2n) is 4.94. The van der Waals surface area contributed by atoms with Gasteiger partial charge in [0.25, 0.3) is 0 Å². The molecule has 0 amide bonds. The summed E-state index contributed by atoms with van der Waals surface area (Å²) in [6.45, 7) is 5.26. The van der Waals surface area contributed by atoms with Crippen LogP contribution in [0.5, 0.6) is 5.75 Å². The molecule has 104 valence electrons. The maximum atomic E-state index is 10.0. The van der Waals surface area contributed by atoms with Crippen LogP contribution in [0.25, 0.3) is 0 Å². The zero-order valence-corrected chi connectivity index (χ0v) is 11.6. The summed E-state index contributed by atoms with van der Waals surface area (Å²) in [4.78, 5) is 0. The first-order valence-corrected chi connectivity index (χ1v) is 6.59. The van der Waals surface area contributed by atoms with E-state index in [0.29, 0.717) is 18.8 Å². The van der Waals surface area contributed by atoms with E-state index in [4.69, 9.17) is 10.00 Å². The fourth-order valence-electron chi connectivity index (χ4n) is 1.92. The summed E-state index contributed by atoms with van der Waals surface area (Å²) in [7, 11) is 0. The van der Waals surface area contributed by atoms with Gasteiger partial charge in [0.1, 0.15) is 11.8 Å². The third kappa shape index (κ3) is 6.23. The van der Waals surface area contributed by atoms with Gasteiger partial charge in [-0.25, -0.2) is 0 Å². The van der Waals surface area contributed by atoms with Crippen molar-refractivity contribution in [2.24, 2.45) is 0 Å². The largest absolute Gasteiger partial charge is 0.479 e. The highest BCUT2D eigenvalue weighted by atomic mass is 16.5. The summed E-state index contributed by atoms with van der Waals surface area (Å²) in [5.74, 6) is 0.697. The van der Waals surface area contributed by atoms with Gasteiger partial charge in [-0.2, -0.15) is 5.26 Å². The monoisotopic (exact) mass is 262 g/mol. The van der Waals surface area contributed by atoms with Crippen LogP contribution in [0.4, 0.5) is 0 Å². The Morgan fingerprint density at radius 2 is 2.05 bits per heavy atom. The highest BCUT2D eigenvalue weighted by Gasteiger charge is 2.17. The Hall–Kier alpha value is -1.57. The third-order valence-corrected chi connectivity index (χ3v) is 2.85. The number of benzene rings is 1. The number of hydrogen-bond acceptors (Lipinski definition) is 4. The average Bonchev–Trinajstić information content (AvgIpc) is 2.37. The molecule has 4 nitrogen and oxygen atoms in total. The van der Waals surface area contributed by atoms with Crippen LogP contribution in [0.3, 0.4) is 0 Å². The van der Waals surface area contributed by atoms with Gasteiger partial charge in [-0.1, -0.05) is 25.5 Å². The van der Waals surface area contributed by atoms with E-state index >= 15 is 0 Å². The van der Waals surface area contributed by atoms with Crippen molar-refractivity contribution in [1.29, 1.82) is 5.26 Å². The van der Waals surface area contributed by atoms with E-state index in [1.807, 2.05) is 37.3 Å². The molecule has 0 fully saturated rings. The summed E-state index contributed by atoms with van der Waals surface area (Å²) in [6, 6.07) is 9.53. The second-order valence-corrected chi connectivity index (χ2v) is 4.94. The topological polar surface area (TPSA) is 65.3 Å². The van der Waals surface area contributed by atoms with Gasteiger partial charge >= 0.3 is 0 Å². The molecule has 19 heavy (non-hydrogen) atoms. The quantitative estimate of drug-likeness (QED) is 0.754. The van der Waals surface area contributed by atoms with Crippen molar-refractivity contribution in [2.45, 2.75) is 38.8 Å². The summed E-state index contributed by atoms with van der Waals surface area (Å²) in [6.07, 6.45) is 1.76. The minimum absolute atomic E-state index is 0.0669. The van der Waals surface area contributed by atoms with Crippen molar-refractivity contribution >= 4 is 0 Å². The zero-order valence-electron chi connectivity index (χ0n) is 11.6. The highest BCUT2D eigenvalue weighted by Crippen LogP contribution is 2.13. The van der Waals surface area contributed by atoms with E-state index in [0.717, 1.165) is 18.4 Å². The first-order valence-electron chi connectivity index (χ1n) is 6.59. The molecule has 1 atom stereocenters. The van der Waals surface area contributed by atoms with Crippen LogP contribution in [0, 0.1) is 11.3 Å². The summed E-state index contributed by atoms with van der Waals surface area (Å²) >= 11 is 0. The first-order chi connectivity index (χ1) is 9.07. The Morgan fingerprint density at radius 3 is 2.63 bits per heavy atom. The predicted molar refractivity (Wildman–Crippen MR) is 74.8 cm³/mol. The molecule has 0 saturated heterocycles. The van der Waals surface area contributed by atoms with E-state index in [2.05, 4.69) is 12.2 Å². The fourth-order valence-corrected chi connectivity index (χ4v) is 1.92. The van der Waals surface area contributed by atoms with Crippen LogP contribution >= 0.6 is 0 Å². The third-order valence-electron chi connectivity index (χ3n) is 2.85. The van der Waals surface area contributed by atoms with Crippen LogP contribution in [0.2, 0.25) is 0 Å². The van der Waals surface area contributed by atoms with Crippen LogP contribution in [-0.2, 0) is 6.54 Å². The molecule has 2 N–H and O–H groups in total. The standard InChI is InChI=1S/C15H22N2O2/c1-3-8-15(2,18)12-17-11-13-4-6-14(7-5-13)19-10-9-16/h4-7,17-18H,3,8,10-12H2,1-2H3. The maximum Gasteiger partial charge on any atom is 0.174 e. The van der Waals surface area contributed by atoms with Crippen LogP contribution in [0.1, 0.15) is 32.3 Å². The van der Waals surface area contributed by atoms with E-state index in [-0.39, 0.29) is 6.61 Å². The van der Waals surface area contributed by atoms with Crippen LogP contribution in [-0.4, -0.2) is 23.9 Å². The molecule has 0 heterocycles. The Kier molecular flexibility index (Phi) is 6.34. The lowest BCUT2D eigenvalue weighted by atomic mass is 10.0. The molecular weight excluding hydrogens is 240 g/mol. The van der Waals surface area contributed by atoms with Crippen molar-refractivity contribution in [3.05, 3.63) is 29.8 Å². The van der Waals surface area contributed by atoms with E-state index < -0.39 is 5.60 Å². The zero-order chi connectivity index (χ0) is 14.1. The Balaban J connectivity index is 2.36. The lowest BCUT2D eigenvalue weighted by Crippen LogP contribution is -2.37. The van der Waals surface area contributed by atoms with Crippen molar-refractivity contribution in [1.82, 2.24) is 5.32 Å². The lowest BCUT2D eigenvalue weighted by Gasteiger charge is -2.23. The number of nitrogens with zero attached hydrogens (tertiary/aromatic N) is 1. The molecule has 1 aromatic carbocycles. The number of aliphatic hydroxyl groups is 1. The normalized spacial score (nSPS) is 13.6. The van der Waals surface area contributed by atoms with Crippen LogP contribution in [0.15, 0.2) is 24.3 Å². The molecular formula is C15H22N2O2. The summed E-state index contributed by atoms with van der Waals surface area (Å²) in [5, 5.41) is 21.7. The number of ether oxygens (including phenoxy) is 1. The molecule has 0 aliphatic heterocycles. The van der Waals surface area contributed by atoms with Gasteiger partial charge in [0.15, 0.2) is 6.61 Å². The number of nitriles is 1. The molecule has 0 radical (unpaired) electrons. The van der Waals surface area contributed by atoms with Gasteiger partial charge in [-0.05, 0) is 31.0 Å². The van der Waals surface area contributed by atoms with Gasteiger partial charge in [0, 0.05) is 13.1 Å². The van der Waals surface area contributed by atoms with E-state index in [1.54, 1.807) is 0 Å². The van der Waals surface area contributed by atoms with Crippen LogP contribution < -0.4 is 10.1 Å². The predicted octanol–water partition coefficient (Wildman–Crippen LogP) is 2.23. The van der Waals surface area contributed by atoms with Crippen molar-refractivity contribution in [2.75, 3.05) is 13.2 Å². The molecule has 1 unspecified atom stereocenters. The lowest BCUT2D eigenvalue weighted by molar-refractivity contribution is 0.0498. The molecule has 0 aliphatic carbocycles. The average molecular weight is 262 g/mol. The van der Waals surface area contributed by atoms with Gasteiger partial charge in [-0.3, -0.25) is 0 Å². The minimum Gasteiger partial charge on any atom is -0.479 e. The van der Waals surface area contributed by atoms with Gasteiger partial charge in [-0.15, -0.1) is 0 Å². The smallest absolute Gasteiger partial charge is 0.174 e. The summed E-state index contributed by atoms with van der Waals surface area (Å²) < 4.78 is 5.18. The number of rotatable bonds is 8. The second kappa shape index (κ2) is 7.78. The Labute approximate surface area is 115 Å². The van der Waals surface area contributed by atoms with E-state index in [9.17, 15) is 5.11 Å². The molecule has 0 aliphatic rings. The Bertz CT molecular complexity index is 407. The maximum absolute atomic E-state index is 10.0. The first kappa shape index (κ1) is 15.5. The molecule has 1 aromatic rings. The Morgan fingerprint density at radius 1 is 1.37 bits per heavy atom. The number of nitrogens with one attached hydrogen (secondary N) is 1. The minimum atomic E-state index is -0.648. The molecule has 0 aromatic heterocycles. The van der Waals surface area contributed by atoms with Crippen molar-refractivity contribution in [3.63, 3.8) is 0 Å². The highest BCUT2D eigenvalue weighted by molar-refractivity contribution is 5.27. The summed E-state index contributed by atoms with van der Waals surface area (Å²) in [5.41, 5.74) is 0.474. The van der Waals surface area contributed by atoms with E-state index in [1.165, 1.54) is 0 Å². The molecule has 0 saturated carbocycles. The van der Waals surface area contributed by atoms with Gasteiger partial charge in [0.2, 0.25) is 0 Å². The fraction of sp³-hybridized carbons (Fsp3) is 0.533. The molecule has 1 rings (SSSR count). The van der Waals surface area contributed by atoms with Crippen molar-refractivity contribution < 1.29 is 9.84 Å². The van der Waals surface area contributed by atoms with Gasteiger partial charge in [0.05, 0.1) is 5.60 Å². The SMILES string of the molecule is CCCC(C)(O)CNCc1ccc(OCC#N)cc1. The molecule has 0 spiro atoms. The van der Waals surface area contributed by atoms with Gasteiger partial charge < -0.3 is 15.2 Å². The van der Waals surface area contributed by atoms with Crippen molar-refractivity contribution in [3.8, 4) is 11.8 Å². The molecule has 4 heteroatoms. The molecule has 0 bridgehead atoms. The number of hydrogen-bond donors (Lipinski definition) is 2.